The van der Waals surface area contributed by atoms with Gasteiger partial charge in [-0.3, -0.25) is 9.78 Å². The zero-order valence-electron chi connectivity index (χ0n) is 8.09. The lowest BCUT2D eigenvalue weighted by molar-refractivity contribution is 0.0996. The minimum absolute atomic E-state index is 0.0212. The van der Waals surface area contributed by atoms with Crippen molar-refractivity contribution in [3.63, 3.8) is 0 Å². The minimum Gasteiger partial charge on any atom is -0.396 e. The first-order valence-electron chi connectivity index (χ1n) is 4.34. The molecule has 16 heavy (non-hydrogen) atoms. The molecule has 0 aliphatic rings. The summed E-state index contributed by atoms with van der Waals surface area (Å²) < 4.78 is 1.39. The fourth-order valence-corrected chi connectivity index (χ4v) is 1.46. The molecular weight excluding hydrogens is 230 g/mol. The molecule has 2 heterocycles. The monoisotopic (exact) mass is 237 g/mol. The van der Waals surface area contributed by atoms with E-state index in [0.29, 0.717) is 10.7 Å². The molecule has 0 bridgehead atoms. The van der Waals surface area contributed by atoms with Crippen molar-refractivity contribution in [1.29, 1.82) is 0 Å². The second-order valence-electron chi connectivity index (χ2n) is 3.07. The number of hydrogen-bond acceptors (Lipinski definition) is 4. The molecule has 2 aromatic rings. The normalized spacial score (nSPS) is 10.3. The third kappa shape index (κ3) is 1.70. The maximum atomic E-state index is 11.0. The molecule has 0 saturated carbocycles. The van der Waals surface area contributed by atoms with Crippen LogP contribution in [0.2, 0.25) is 5.02 Å². The number of amides is 1. The zero-order valence-corrected chi connectivity index (χ0v) is 8.85. The SMILES string of the molecule is NC(=O)c1nn(-c2ccncc2Cl)cc1N. The van der Waals surface area contributed by atoms with Gasteiger partial charge in [0.05, 0.1) is 22.6 Å². The Morgan fingerprint density at radius 1 is 1.50 bits per heavy atom. The quantitative estimate of drug-likeness (QED) is 0.799. The number of nitrogens with zero attached hydrogens (tertiary/aromatic N) is 3. The van der Waals surface area contributed by atoms with E-state index in [0.717, 1.165) is 0 Å². The van der Waals surface area contributed by atoms with Gasteiger partial charge in [0, 0.05) is 12.4 Å². The summed E-state index contributed by atoms with van der Waals surface area (Å²) in [5.41, 5.74) is 11.5. The maximum absolute atomic E-state index is 11.0. The van der Waals surface area contributed by atoms with Gasteiger partial charge in [0.25, 0.3) is 5.91 Å². The van der Waals surface area contributed by atoms with Crippen molar-refractivity contribution in [2.45, 2.75) is 0 Å². The molecule has 2 aromatic heterocycles. The van der Waals surface area contributed by atoms with Crippen LogP contribution in [0, 0.1) is 0 Å². The van der Waals surface area contributed by atoms with Crippen molar-refractivity contribution in [3.8, 4) is 5.69 Å². The van der Waals surface area contributed by atoms with Gasteiger partial charge in [0.1, 0.15) is 0 Å². The highest BCUT2D eigenvalue weighted by Crippen LogP contribution is 2.20. The molecule has 0 unspecified atom stereocenters. The molecule has 6 nitrogen and oxygen atoms in total. The van der Waals surface area contributed by atoms with Gasteiger partial charge >= 0.3 is 0 Å². The van der Waals surface area contributed by atoms with Crippen LogP contribution in [0.3, 0.4) is 0 Å². The topological polar surface area (TPSA) is 99.8 Å². The number of hydrogen-bond donors (Lipinski definition) is 2. The number of carbonyl (C=O) groups excluding carboxylic acids is 1. The molecule has 82 valence electrons. The highest BCUT2D eigenvalue weighted by atomic mass is 35.5. The second kappa shape index (κ2) is 3.82. The molecular formula is C9H8ClN5O. The van der Waals surface area contributed by atoms with E-state index in [1.807, 2.05) is 0 Å². The predicted molar refractivity (Wildman–Crippen MR) is 59.3 cm³/mol. The Balaban J connectivity index is 2.54. The standard InChI is InChI=1S/C9H8ClN5O/c10-5-3-13-2-1-7(5)15-4-6(11)8(14-15)9(12)16/h1-4H,11H2,(H2,12,16). The van der Waals surface area contributed by atoms with Crippen molar-refractivity contribution < 1.29 is 4.79 Å². The number of halogens is 1. The van der Waals surface area contributed by atoms with E-state index < -0.39 is 5.91 Å². The molecule has 1 amide bonds. The Morgan fingerprint density at radius 3 is 2.81 bits per heavy atom. The van der Waals surface area contributed by atoms with Gasteiger partial charge in [-0.05, 0) is 6.07 Å². The van der Waals surface area contributed by atoms with Crippen LogP contribution in [0.25, 0.3) is 5.69 Å². The average Bonchev–Trinajstić information content (AvgIpc) is 2.61. The number of anilines is 1. The molecule has 0 spiro atoms. The van der Waals surface area contributed by atoms with E-state index in [2.05, 4.69) is 10.1 Å². The van der Waals surface area contributed by atoms with Crippen LogP contribution in [0.15, 0.2) is 24.7 Å². The Labute approximate surface area is 95.8 Å². The fraction of sp³-hybridized carbons (Fsp3) is 0. The summed E-state index contributed by atoms with van der Waals surface area (Å²) in [6.07, 6.45) is 4.50. The number of rotatable bonds is 2. The average molecular weight is 238 g/mol. The molecule has 0 fully saturated rings. The molecule has 2 rings (SSSR count). The van der Waals surface area contributed by atoms with E-state index in [1.165, 1.54) is 17.1 Å². The van der Waals surface area contributed by atoms with Gasteiger partial charge in [-0.15, -0.1) is 0 Å². The zero-order chi connectivity index (χ0) is 11.7. The third-order valence-electron chi connectivity index (χ3n) is 1.97. The summed E-state index contributed by atoms with van der Waals surface area (Å²) in [4.78, 5) is 14.8. The Kier molecular flexibility index (Phi) is 2.49. The van der Waals surface area contributed by atoms with Crippen molar-refractivity contribution in [1.82, 2.24) is 14.8 Å². The summed E-state index contributed by atoms with van der Waals surface area (Å²) >= 11 is 5.92. The molecule has 0 atom stereocenters. The van der Waals surface area contributed by atoms with E-state index >= 15 is 0 Å². The number of carbonyl (C=O) groups is 1. The van der Waals surface area contributed by atoms with E-state index in [4.69, 9.17) is 23.1 Å². The maximum Gasteiger partial charge on any atom is 0.271 e. The van der Waals surface area contributed by atoms with Crippen LogP contribution in [-0.2, 0) is 0 Å². The summed E-state index contributed by atoms with van der Waals surface area (Å²) in [5.74, 6) is -0.679. The van der Waals surface area contributed by atoms with E-state index in [1.54, 1.807) is 12.3 Å². The number of nitrogens with two attached hydrogens (primary N) is 2. The lowest BCUT2D eigenvalue weighted by Crippen LogP contribution is -2.14. The van der Waals surface area contributed by atoms with Gasteiger partial charge in [-0.2, -0.15) is 5.10 Å². The summed E-state index contributed by atoms with van der Waals surface area (Å²) in [7, 11) is 0. The third-order valence-corrected chi connectivity index (χ3v) is 2.27. The van der Waals surface area contributed by atoms with E-state index in [-0.39, 0.29) is 11.4 Å². The molecule has 0 aliphatic heterocycles. The van der Waals surface area contributed by atoms with Crippen molar-refractivity contribution in [2.75, 3.05) is 5.73 Å². The number of primary amides is 1. The molecule has 4 N–H and O–H groups in total. The lowest BCUT2D eigenvalue weighted by Gasteiger charge is -2.01. The van der Waals surface area contributed by atoms with Crippen LogP contribution >= 0.6 is 11.6 Å². The van der Waals surface area contributed by atoms with Crippen LogP contribution in [0.1, 0.15) is 10.5 Å². The van der Waals surface area contributed by atoms with Crippen molar-refractivity contribution in [3.05, 3.63) is 35.4 Å². The van der Waals surface area contributed by atoms with Crippen molar-refractivity contribution in [2.24, 2.45) is 5.73 Å². The second-order valence-corrected chi connectivity index (χ2v) is 3.48. The first-order chi connectivity index (χ1) is 7.59. The van der Waals surface area contributed by atoms with Crippen LogP contribution < -0.4 is 11.5 Å². The molecule has 0 aromatic carbocycles. The van der Waals surface area contributed by atoms with Gasteiger partial charge in [-0.25, -0.2) is 4.68 Å². The number of pyridine rings is 1. The smallest absolute Gasteiger partial charge is 0.271 e. The Hall–Kier alpha value is -2.08. The predicted octanol–water partition coefficient (Wildman–Crippen LogP) is 0.602. The summed E-state index contributed by atoms with van der Waals surface area (Å²) in [6.45, 7) is 0. The fourth-order valence-electron chi connectivity index (χ4n) is 1.26. The molecule has 0 saturated heterocycles. The number of nitrogen functional groups attached to an aromatic ring is 1. The molecule has 0 radical (unpaired) electrons. The highest BCUT2D eigenvalue weighted by Gasteiger charge is 2.13. The lowest BCUT2D eigenvalue weighted by atomic mass is 10.4. The summed E-state index contributed by atoms with van der Waals surface area (Å²) in [6, 6.07) is 1.65. The number of aromatic nitrogens is 3. The van der Waals surface area contributed by atoms with Gasteiger partial charge < -0.3 is 11.5 Å². The van der Waals surface area contributed by atoms with Gasteiger partial charge in [0.2, 0.25) is 0 Å². The first kappa shape index (κ1) is 10.4. The highest BCUT2D eigenvalue weighted by molar-refractivity contribution is 6.32. The van der Waals surface area contributed by atoms with E-state index in [9.17, 15) is 4.79 Å². The largest absolute Gasteiger partial charge is 0.396 e. The van der Waals surface area contributed by atoms with Crippen LogP contribution in [0.5, 0.6) is 0 Å². The van der Waals surface area contributed by atoms with Gasteiger partial charge in [0.15, 0.2) is 5.69 Å². The molecule has 7 heteroatoms. The molecule has 0 aliphatic carbocycles. The van der Waals surface area contributed by atoms with Crippen LogP contribution in [0.4, 0.5) is 5.69 Å². The summed E-state index contributed by atoms with van der Waals surface area (Å²) in [5, 5.41) is 4.35. The van der Waals surface area contributed by atoms with Crippen LogP contribution in [-0.4, -0.2) is 20.7 Å². The first-order valence-corrected chi connectivity index (χ1v) is 4.72. The Morgan fingerprint density at radius 2 is 2.25 bits per heavy atom. The van der Waals surface area contributed by atoms with Gasteiger partial charge in [-0.1, -0.05) is 11.6 Å². The minimum atomic E-state index is -0.679. The van der Waals surface area contributed by atoms with Crippen molar-refractivity contribution >= 4 is 23.2 Å². The Bertz CT molecular complexity index is 551.